The molecule has 5 heteroatoms. The molecule has 0 spiro atoms. The van der Waals surface area contributed by atoms with E-state index in [9.17, 15) is 15.2 Å². The first-order valence-corrected chi connectivity index (χ1v) is 4.58. The van der Waals surface area contributed by atoms with Crippen molar-refractivity contribution in [2.24, 2.45) is 0 Å². The number of nitro groups is 1. The molecule has 0 heterocycles. The van der Waals surface area contributed by atoms with Gasteiger partial charge in [-0.05, 0) is 17.7 Å². The van der Waals surface area contributed by atoms with Crippen LogP contribution in [-0.2, 0) is 0 Å². The predicted molar refractivity (Wildman–Crippen MR) is 57.6 cm³/mol. The quantitative estimate of drug-likeness (QED) is 0.596. The van der Waals surface area contributed by atoms with Gasteiger partial charge in [-0.25, -0.2) is 0 Å². The van der Waals surface area contributed by atoms with Gasteiger partial charge >= 0.3 is 0 Å². The molecule has 0 radical (unpaired) electrons. The van der Waals surface area contributed by atoms with E-state index in [4.69, 9.17) is 0 Å². The van der Waals surface area contributed by atoms with Crippen LogP contribution in [0.15, 0.2) is 24.3 Å². The largest absolute Gasteiger partial charge is 0.382 e. The Hall–Kier alpha value is -1.62. The van der Waals surface area contributed by atoms with Gasteiger partial charge in [0, 0.05) is 24.7 Å². The van der Waals surface area contributed by atoms with Crippen molar-refractivity contribution < 1.29 is 10.0 Å². The summed E-state index contributed by atoms with van der Waals surface area (Å²) in [6, 6.07) is 7.03. The molecule has 82 valence electrons. The second-order valence-electron chi connectivity index (χ2n) is 3.52. The summed E-state index contributed by atoms with van der Waals surface area (Å²) in [4.78, 5) is 11.6. The van der Waals surface area contributed by atoms with Crippen LogP contribution in [-0.4, -0.2) is 30.7 Å². The third kappa shape index (κ3) is 3.21. The van der Waals surface area contributed by atoms with E-state index >= 15 is 0 Å². The number of hydrogen-bond acceptors (Lipinski definition) is 4. The molecule has 1 rings (SSSR count). The van der Waals surface area contributed by atoms with E-state index < -0.39 is 17.6 Å². The van der Waals surface area contributed by atoms with E-state index in [1.54, 1.807) is 12.1 Å². The Labute approximate surface area is 88.1 Å². The molecular weight excluding hydrogens is 196 g/mol. The SMILES string of the molecule is CN(C)c1ccc(C(O)C[N+](=O)[O-])cc1. The minimum absolute atomic E-state index is 0.457. The topological polar surface area (TPSA) is 66.6 Å². The van der Waals surface area contributed by atoms with Crippen molar-refractivity contribution in [3.8, 4) is 0 Å². The van der Waals surface area contributed by atoms with Crippen molar-refractivity contribution in [2.45, 2.75) is 6.10 Å². The Bertz CT molecular complexity index is 335. The molecule has 0 saturated carbocycles. The van der Waals surface area contributed by atoms with Crippen LogP contribution in [0.4, 0.5) is 5.69 Å². The third-order valence-electron chi connectivity index (χ3n) is 2.12. The standard InChI is InChI=1S/C10H14N2O3/c1-11(2)9-5-3-8(4-6-9)10(13)7-12(14)15/h3-6,10,13H,7H2,1-2H3. The molecule has 0 fully saturated rings. The number of nitrogens with zero attached hydrogens (tertiary/aromatic N) is 2. The molecule has 0 amide bonds. The Morgan fingerprint density at radius 3 is 2.33 bits per heavy atom. The number of aliphatic hydroxyl groups is 1. The maximum Gasteiger partial charge on any atom is 0.233 e. The minimum Gasteiger partial charge on any atom is -0.382 e. The first-order chi connectivity index (χ1) is 7.00. The van der Waals surface area contributed by atoms with Crippen LogP contribution in [0.2, 0.25) is 0 Å². The molecule has 0 aliphatic carbocycles. The van der Waals surface area contributed by atoms with Gasteiger partial charge in [-0.2, -0.15) is 0 Å². The average Bonchev–Trinajstić information content (AvgIpc) is 2.17. The summed E-state index contributed by atoms with van der Waals surface area (Å²) in [6.45, 7) is -0.457. The van der Waals surface area contributed by atoms with Crippen molar-refractivity contribution in [3.05, 3.63) is 39.9 Å². The van der Waals surface area contributed by atoms with E-state index in [0.29, 0.717) is 5.56 Å². The predicted octanol–water partition coefficient (Wildman–Crippen LogP) is 1.06. The minimum atomic E-state index is -1.03. The highest BCUT2D eigenvalue weighted by Gasteiger charge is 2.13. The van der Waals surface area contributed by atoms with Gasteiger partial charge in [0.05, 0.1) is 0 Å². The zero-order valence-corrected chi connectivity index (χ0v) is 8.75. The van der Waals surface area contributed by atoms with E-state index in [2.05, 4.69) is 0 Å². The molecule has 1 atom stereocenters. The zero-order valence-electron chi connectivity index (χ0n) is 8.75. The normalized spacial score (nSPS) is 12.2. The van der Waals surface area contributed by atoms with Gasteiger partial charge in [0.15, 0.2) is 0 Å². The molecule has 0 aromatic heterocycles. The Morgan fingerprint density at radius 1 is 1.40 bits per heavy atom. The molecule has 0 saturated heterocycles. The van der Waals surface area contributed by atoms with Gasteiger partial charge in [0.1, 0.15) is 6.10 Å². The molecule has 1 aromatic rings. The van der Waals surface area contributed by atoms with E-state index in [0.717, 1.165) is 5.69 Å². The maximum atomic E-state index is 10.2. The fourth-order valence-corrected chi connectivity index (χ4v) is 1.24. The third-order valence-corrected chi connectivity index (χ3v) is 2.12. The van der Waals surface area contributed by atoms with Crippen molar-refractivity contribution in [1.82, 2.24) is 0 Å². The molecule has 1 aromatic carbocycles. The van der Waals surface area contributed by atoms with E-state index in [1.807, 2.05) is 31.1 Å². The molecule has 0 aliphatic rings. The number of aliphatic hydroxyl groups excluding tert-OH is 1. The summed E-state index contributed by atoms with van der Waals surface area (Å²) in [5.41, 5.74) is 1.56. The van der Waals surface area contributed by atoms with Gasteiger partial charge in [-0.1, -0.05) is 12.1 Å². The highest BCUT2D eigenvalue weighted by molar-refractivity contribution is 5.46. The Balaban J connectivity index is 2.75. The van der Waals surface area contributed by atoms with Gasteiger partial charge in [-0.3, -0.25) is 10.1 Å². The monoisotopic (exact) mass is 210 g/mol. The smallest absolute Gasteiger partial charge is 0.233 e. The molecule has 15 heavy (non-hydrogen) atoms. The van der Waals surface area contributed by atoms with Gasteiger partial charge in [0.25, 0.3) is 0 Å². The van der Waals surface area contributed by atoms with Crippen LogP contribution < -0.4 is 4.90 Å². The summed E-state index contributed by atoms with van der Waals surface area (Å²) in [6.07, 6.45) is -1.03. The van der Waals surface area contributed by atoms with Gasteiger partial charge in [-0.15, -0.1) is 0 Å². The van der Waals surface area contributed by atoms with Crippen LogP contribution >= 0.6 is 0 Å². The van der Waals surface area contributed by atoms with Crippen molar-refractivity contribution in [2.75, 3.05) is 25.5 Å². The van der Waals surface area contributed by atoms with Crippen LogP contribution in [0.5, 0.6) is 0 Å². The van der Waals surface area contributed by atoms with Crippen LogP contribution in [0, 0.1) is 10.1 Å². The maximum absolute atomic E-state index is 10.2. The zero-order chi connectivity index (χ0) is 11.4. The first kappa shape index (κ1) is 11.5. The fraction of sp³-hybridized carbons (Fsp3) is 0.400. The molecule has 5 nitrogen and oxygen atoms in total. The lowest BCUT2D eigenvalue weighted by Crippen LogP contribution is -2.12. The molecule has 1 N–H and O–H groups in total. The fourth-order valence-electron chi connectivity index (χ4n) is 1.24. The van der Waals surface area contributed by atoms with Crippen LogP contribution in [0.3, 0.4) is 0 Å². The van der Waals surface area contributed by atoms with Crippen molar-refractivity contribution in [1.29, 1.82) is 0 Å². The lowest BCUT2D eigenvalue weighted by Gasteiger charge is -2.13. The summed E-state index contributed by atoms with van der Waals surface area (Å²) in [5, 5.41) is 19.7. The molecule has 0 bridgehead atoms. The van der Waals surface area contributed by atoms with Crippen molar-refractivity contribution in [3.63, 3.8) is 0 Å². The van der Waals surface area contributed by atoms with Gasteiger partial charge < -0.3 is 10.0 Å². The number of rotatable bonds is 4. The highest BCUT2D eigenvalue weighted by atomic mass is 16.6. The summed E-state index contributed by atoms with van der Waals surface area (Å²) >= 11 is 0. The number of anilines is 1. The Morgan fingerprint density at radius 2 is 1.93 bits per heavy atom. The summed E-state index contributed by atoms with van der Waals surface area (Å²) < 4.78 is 0. The number of benzene rings is 1. The highest BCUT2D eigenvalue weighted by Crippen LogP contribution is 2.17. The van der Waals surface area contributed by atoms with Crippen LogP contribution in [0.25, 0.3) is 0 Å². The lowest BCUT2D eigenvalue weighted by atomic mass is 10.1. The average molecular weight is 210 g/mol. The first-order valence-electron chi connectivity index (χ1n) is 4.58. The summed E-state index contributed by atoms with van der Waals surface area (Å²) in [5.74, 6) is 0. The molecule has 0 aliphatic heterocycles. The van der Waals surface area contributed by atoms with E-state index in [1.165, 1.54) is 0 Å². The second kappa shape index (κ2) is 4.75. The Kier molecular flexibility index (Phi) is 3.62. The summed E-state index contributed by atoms with van der Waals surface area (Å²) in [7, 11) is 3.81. The van der Waals surface area contributed by atoms with E-state index in [-0.39, 0.29) is 0 Å². The van der Waals surface area contributed by atoms with Crippen LogP contribution in [0.1, 0.15) is 11.7 Å². The second-order valence-corrected chi connectivity index (χ2v) is 3.52. The molecular formula is C10H14N2O3. The molecule has 1 unspecified atom stereocenters. The lowest BCUT2D eigenvalue weighted by molar-refractivity contribution is -0.491. The van der Waals surface area contributed by atoms with Crippen molar-refractivity contribution >= 4 is 5.69 Å². The van der Waals surface area contributed by atoms with Gasteiger partial charge in [0.2, 0.25) is 6.54 Å². The number of hydrogen-bond donors (Lipinski definition) is 1.